The van der Waals surface area contributed by atoms with E-state index in [1.54, 1.807) is 24.5 Å². The standard InChI is InChI=1S/C54H59N9O11/c55-31-37-9-20-46(57-33-37)60-40-13-17-42(18-14-40)62(54(69)59-32-36-5-2-1-3-6-36)41-15-10-38(11-16-41)39-12-22-49(58-34-39)73-30-29-72-28-27-71-26-25-70-24-23-56-48(65)35-74-45-8-4-7-43-50(45)53(68)63(52(43)67)44-19-21-47(64)61-51(44)66/h1-12,15-16,20,22,33-34,40,42,44,51,66H,13-14,17-19,21,23-30,32,35H2,(H,56,65)(H,57,60)(H,59,69)(H,61,64). The maximum Gasteiger partial charge on any atom is 0.322 e. The Labute approximate surface area is 428 Å². The lowest BCUT2D eigenvalue weighted by Crippen LogP contribution is -2.57. The number of aliphatic hydroxyl groups is 1. The number of nitriles is 1. The average molecular weight is 1010 g/mol. The first kappa shape index (κ1) is 52.4. The number of aromatic nitrogens is 2. The largest absolute Gasteiger partial charge is 0.483 e. The number of carbonyl (C=O) groups excluding carboxylic acids is 5. The third-order valence-electron chi connectivity index (χ3n) is 12.8. The number of amides is 6. The first-order valence-electron chi connectivity index (χ1n) is 24.7. The quantitative estimate of drug-likeness (QED) is 0.0404. The SMILES string of the molecule is N#Cc1ccc(NC2CCC(N(C(=O)NCc3ccccc3)c3ccc(-c4ccc(OCCOCCOCCOCCNC(=O)COc5cccc6c5C(=O)N(C5CCC(=O)NC5O)C6=O)nc4)cc3)CC2)nc1. The third-order valence-corrected chi connectivity index (χ3v) is 12.8. The molecule has 5 aromatic rings. The third kappa shape index (κ3) is 14.0. The summed E-state index contributed by atoms with van der Waals surface area (Å²) in [5.41, 5.74) is 4.29. The van der Waals surface area contributed by atoms with Gasteiger partial charge >= 0.3 is 6.03 Å². The molecule has 4 heterocycles. The Bertz CT molecular complexity index is 2730. The summed E-state index contributed by atoms with van der Waals surface area (Å²) < 4.78 is 28.1. The van der Waals surface area contributed by atoms with E-state index in [2.05, 4.69) is 37.3 Å². The molecule has 3 aromatic carbocycles. The molecule has 2 fully saturated rings. The molecular weight excluding hydrogens is 951 g/mol. The van der Waals surface area contributed by atoms with Gasteiger partial charge in [-0.05, 0) is 85.7 Å². The molecule has 20 nitrogen and oxygen atoms in total. The molecule has 2 atom stereocenters. The first-order chi connectivity index (χ1) is 36.1. The Kier molecular flexibility index (Phi) is 18.5. The van der Waals surface area contributed by atoms with E-state index < -0.39 is 36.6 Å². The highest BCUT2D eigenvalue weighted by atomic mass is 16.6. The molecule has 3 aliphatic rings. The van der Waals surface area contributed by atoms with Gasteiger partial charge in [-0.1, -0.05) is 48.5 Å². The van der Waals surface area contributed by atoms with Crippen LogP contribution in [0, 0.1) is 11.3 Å². The van der Waals surface area contributed by atoms with E-state index in [-0.39, 0.29) is 66.9 Å². The first-order valence-corrected chi connectivity index (χ1v) is 24.7. The lowest BCUT2D eigenvalue weighted by molar-refractivity contribution is -0.129. The zero-order chi connectivity index (χ0) is 51.7. The monoisotopic (exact) mass is 1010 g/mol. The highest BCUT2D eigenvalue weighted by molar-refractivity contribution is 6.23. The van der Waals surface area contributed by atoms with Crippen molar-refractivity contribution < 1.29 is 52.8 Å². The summed E-state index contributed by atoms with van der Waals surface area (Å²) in [6, 6.07) is 30.8. The maximum atomic E-state index is 13.9. The van der Waals surface area contributed by atoms with Crippen LogP contribution in [-0.2, 0) is 30.3 Å². The van der Waals surface area contributed by atoms with Crippen LogP contribution in [0.1, 0.15) is 70.4 Å². The number of imide groups is 1. The Balaban J connectivity index is 0.685. The summed E-state index contributed by atoms with van der Waals surface area (Å²) in [6.07, 6.45) is 5.45. The van der Waals surface area contributed by atoms with Crippen LogP contribution in [0.2, 0.25) is 0 Å². The fourth-order valence-electron chi connectivity index (χ4n) is 8.97. The zero-order valence-electron chi connectivity index (χ0n) is 40.8. The molecule has 2 unspecified atom stereocenters. The summed E-state index contributed by atoms with van der Waals surface area (Å²) in [4.78, 5) is 76.0. The molecule has 2 aliphatic heterocycles. The Morgan fingerprint density at radius 3 is 2.16 bits per heavy atom. The van der Waals surface area contributed by atoms with E-state index in [0.29, 0.717) is 57.6 Å². The summed E-state index contributed by atoms with van der Waals surface area (Å²) in [5.74, 6) is -0.834. The van der Waals surface area contributed by atoms with Gasteiger partial charge in [-0.15, -0.1) is 0 Å². The highest BCUT2D eigenvalue weighted by Gasteiger charge is 2.46. The number of urea groups is 1. The molecule has 0 radical (unpaired) electrons. The number of carbonyl (C=O) groups is 5. The van der Waals surface area contributed by atoms with E-state index in [1.807, 2.05) is 71.6 Å². The predicted molar refractivity (Wildman–Crippen MR) is 270 cm³/mol. The average Bonchev–Trinajstić information content (AvgIpc) is 3.68. The van der Waals surface area contributed by atoms with Crippen molar-refractivity contribution in [2.75, 3.05) is 69.6 Å². The number of anilines is 2. The topological polar surface area (TPSA) is 256 Å². The van der Waals surface area contributed by atoms with Crippen molar-refractivity contribution in [1.82, 2.24) is 30.8 Å². The Morgan fingerprint density at radius 2 is 1.47 bits per heavy atom. The second kappa shape index (κ2) is 26.1. The number of pyridine rings is 2. The number of hydrogen-bond acceptors (Lipinski definition) is 15. The minimum absolute atomic E-state index is 0.00187. The summed E-state index contributed by atoms with van der Waals surface area (Å²) >= 11 is 0. The minimum atomic E-state index is -1.38. The summed E-state index contributed by atoms with van der Waals surface area (Å²) in [6.45, 7) is 2.41. The van der Waals surface area contributed by atoms with Gasteiger partial charge in [0.2, 0.25) is 11.8 Å². The fourth-order valence-corrected chi connectivity index (χ4v) is 8.97. The number of nitrogens with one attached hydrogen (secondary N) is 4. The van der Waals surface area contributed by atoms with Gasteiger partial charge in [-0.2, -0.15) is 5.26 Å². The van der Waals surface area contributed by atoms with Gasteiger partial charge in [0.25, 0.3) is 17.7 Å². The van der Waals surface area contributed by atoms with Gasteiger partial charge in [-0.3, -0.25) is 29.0 Å². The van der Waals surface area contributed by atoms with Crippen LogP contribution >= 0.6 is 0 Å². The van der Waals surface area contributed by atoms with Crippen molar-refractivity contribution in [3.05, 3.63) is 132 Å². The van der Waals surface area contributed by atoms with Crippen molar-refractivity contribution in [2.45, 2.75) is 69.4 Å². The molecule has 2 aromatic heterocycles. The minimum Gasteiger partial charge on any atom is -0.483 e. The van der Waals surface area contributed by atoms with Crippen LogP contribution < -0.4 is 35.6 Å². The number of piperidine rings is 1. The van der Waals surface area contributed by atoms with E-state index in [0.717, 1.165) is 58.8 Å². The van der Waals surface area contributed by atoms with Crippen LogP contribution in [0.3, 0.4) is 0 Å². The van der Waals surface area contributed by atoms with E-state index in [4.69, 9.17) is 28.9 Å². The van der Waals surface area contributed by atoms with Crippen LogP contribution in [-0.4, -0.2) is 133 Å². The van der Waals surface area contributed by atoms with Crippen molar-refractivity contribution in [1.29, 1.82) is 5.26 Å². The van der Waals surface area contributed by atoms with Gasteiger partial charge in [-0.25, -0.2) is 14.8 Å². The predicted octanol–water partition coefficient (Wildman–Crippen LogP) is 4.97. The molecule has 0 spiro atoms. The van der Waals surface area contributed by atoms with Crippen LogP contribution in [0.15, 0.2) is 109 Å². The number of hydrogen-bond donors (Lipinski definition) is 5. The normalized spacial score (nSPS) is 18.2. The number of rotatable bonds is 24. The van der Waals surface area contributed by atoms with Crippen LogP contribution in [0.25, 0.3) is 11.1 Å². The van der Waals surface area contributed by atoms with Crippen LogP contribution in [0.5, 0.6) is 11.6 Å². The molecule has 386 valence electrons. The second-order valence-corrected chi connectivity index (χ2v) is 17.7. The molecule has 1 saturated carbocycles. The number of benzene rings is 3. The van der Waals surface area contributed by atoms with Gasteiger partial charge in [0.15, 0.2) is 6.61 Å². The summed E-state index contributed by atoms with van der Waals surface area (Å²) in [7, 11) is 0. The van der Waals surface area contributed by atoms with Gasteiger partial charge in [0, 0.05) is 61.3 Å². The molecule has 8 rings (SSSR count). The number of ether oxygens (including phenoxy) is 5. The van der Waals surface area contributed by atoms with Crippen LogP contribution in [0.4, 0.5) is 16.3 Å². The van der Waals surface area contributed by atoms with Crippen molar-refractivity contribution >= 4 is 41.2 Å². The van der Waals surface area contributed by atoms with Crippen molar-refractivity contribution in [3.8, 4) is 28.8 Å². The van der Waals surface area contributed by atoms with Gasteiger partial charge < -0.3 is 50.1 Å². The summed E-state index contributed by atoms with van der Waals surface area (Å²) in [5, 5.41) is 31.1. The molecular formula is C54H59N9O11. The molecule has 20 heteroatoms. The van der Waals surface area contributed by atoms with Gasteiger partial charge in [0.1, 0.15) is 30.5 Å². The zero-order valence-corrected chi connectivity index (χ0v) is 40.8. The van der Waals surface area contributed by atoms with E-state index >= 15 is 0 Å². The highest BCUT2D eigenvalue weighted by Crippen LogP contribution is 2.35. The van der Waals surface area contributed by atoms with Gasteiger partial charge in [0.05, 0.1) is 62.4 Å². The molecule has 5 N–H and O–H groups in total. The maximum absolute atomic E-state index is 13.9. The molecule has 74 heavy (non-hydrogen) atoms. The fraction of sp³-hybridized carbons (Fsp3) is 0.370. The van der Waals surface area contributed by atoms with Crippen molar-refractivity contribution in [3.63, 3.8) is 0 Å². The van der Waals surface area contributed by atoms with E-state index in [1.165, 1.54) is 18.2 Å². The molecule has 1 aliphatic carbocycles. The molecule has 0 bridgehead atoms. The van der Waals surface area contributed by atoms with E-state index in [9.17, 15) is 29.1 Å². The number of aliphatic hydroxyl groups excluding tert-OH is 1. The smallest absolute Gasteiger partial charge is 0.322 e. The number of nitrogens with zero attached hydrogens (tertiary/aromatic N) is 5. The lowest BCUT2D eigenvalue weighted by Gasteiger charge is -2.37. The Morgan fingerprint density at radius 1 is 0.743 bits per heavy atom. The second-order valence-electron chi connectivity index (χ2n) is 17.7. The van der Waals surface area contributed by atoms with Crippen molar-refractivity contribution in [2.24, 2.45) is 0 Å². The molecule has 1 saturated heterocycles. The number of fused-ring (bicyclic) bond motifs is 1. The lowest BCUT2D eigenvalue weighted by atomic mass is 9.89. The Hall–Kier alpha value is -7.96. The molecule has 6 amide bonds.